The molecule has 0 saturated heterocycles. The van der Waals surface area contributed by atoms with Crippen molar-refractivity contribution >= 4 is 5.97 Å². The third kappa shape index (κ3) is 6.88. The lowest BCUT2D eigenvalue weighted by Gasteiger charge is -2.04. The minimum Gasteiger partial charge on any atom is -0.472 e. The number of aliphatic hydroxyl groups is 1. The Kier molecular flexibility index (Phi) is 4.32. The molecule has 62 valence electrons. The van der Waals surface area contributed by atoms with Crippen molar-refractivity contribution in [2.75, 3.05) is 0 Å². The van der Waals surface area contributed by atoms with Crippen molar-refractivity contribution in [2.24, 2.45) is 5.92 Å². The Labute approximate surface area is 66.0 Å². The van der Waals surface area contributed by atoms with Crippen LogP contribution in [0.4, 0.5) is 0 Å². The van der Waals surface area contributed by atoms with Gasteiger partial charge in [0.25, 0.3) is 0 Å². The van der Waals surface area contributed by atoms with Crippen LogP contribution in [0.25, 0.3) is 0 Å². The van der Waals surface area contributed by atoms with Crippen molar-refractivity contribution in [3.8, 4) is 11.8 Å². The van der Waals surface area contributed by atoms with Crippen molar-refractivity contribution in [3.05, 3.63) is 0 Å². The largest absolute Gasteiger partial charge is 0.472 e. The van der Waals surface area contributed by atoms with Gasteiger partial charge in [-0.1, -0.05) is 19.8 Å². The predicted molar refractivity (Wildman–Crippen MR) is 40.9 cm³/mol. The molecule has 0 aliphatic rings. The maximum atomic E-state index is 9.90. The van der Waals surface area contributed by atoms with E-state index in [1.165, 1.54) is 0 Å². The number of aliphatic hydroxyl groups excluding tert-OH is 1. The van der Waals surface area contributed by atoms with Crippen molar-refractivity contribution in [1.29, 1.82) is 0 Å². The van der Waals surface area contributed by atoms with Gasteiger partial charge >= 0.3 is 5.97 Å². The number of aliphatic carboxylic acids is 1. The molecule has 2 N–H and O–H groups in total. The van der Waals surface area contributed by atoms with Gasteiger partial charge in [0, 0.05) is 5.92 Å². The molecule has 0 aromatic rings. The second-order valence-electron chi connectivity index (χ2n) is 2.72. The van der Waals surface area contributed by atoms with E-state index in [-0.39, 0.29) is 0 Å². The smallest absolute Gasteiger partial charge is 0.381 e. The molecular weight excluding hydrogens is 144 g/mol. The monoisotopic (exact) mass is 156 g/mol. The predicted octanol–water partition coefficient (Wildman–Crippen LogP) is 0.481. The third-order valence-electron chi connectivity index (χ3n) is 1.04. The molecule has 0 amide bonds. The van der Waals surface area contributed by atoms with Crippen LogP contribution in [-0.4, -0.2) is 22.3 Å². The molecule has 0 fully saturated rings. The highest BCUT2D eigenvalue weighted by Gasteiger charge is 2.02. The zero-order valence-corrected chi connectivity index (χ0v) is 6.66. The summed E-state index contributed by atoms with van der Waals surface area (Å²) in [7, 11) is 0. The van der Waals surface area contributed by atoms with Crippen LogP contribution in [0.2, 0.25) is 0 Å². The fraction of sp³-hybridized carbons (Fsp3) is 0.625. The first-order valence-electron chi connectivity index (χ1n) is 3.45. The first kappa shape index (κ1) is 9.99. The van der Waals surface area contributed by atoms with Crippen molar-refractivity contribution in [2.45, 2.75) is 26.4 Å². The SMILES string of the molecule is CC(C)CC(O)C#CC(=O)O. The zero-order valence-electron chi connectivity index (χ0n) is 6.66. The molecule has 0 rings (SSSR count). The minimum absolute atomic E-state index is 0.327. The average molecular weight is 156 g/mol. The van der Waals surface area contributed by atoms with Crippen LogP contribution in [0, 0.1) is 17.8 Å². The van der Waals surface area contributed by atoms with Gasteiger partial charge in [0.1, 0.15) is 6.10 Å². The molecule has 11 heavy (non-hydrogen) atoms. The first-order valence-corrected chi connectivity index (χ1v) is 3.45. The highest BCUT2D eigenvalue weighted by molar-refractivity contribution is 5.86. The van der Waals surface area contributed by atoms with Crippen LogP contribution >= 0.6 is 0 Å². The van der Waals surface area contributed by atoms with Gasteiger partial charge in [0.05, 0.1) is 0 Å². The Morgan fingerprint density at radius 1 is 1.55 bits per heavy atom. The first-order chi connectivity index (χ1) is 5.02. The van der Waals surface area contributed by atoms with Gasteiger partial charge in [0.15, 0.2) is 0 Å². The lowest BCUT2D eigenvalue weighted by molar-refractivity contribution is -0.130. The quantitative estimate of drug-likeness (QED) is 0.572. The lowest BCUT2D eigenvalue weighted by atomic mass is 10.1. The Morgan fingerprint density at radius 3 is 2.45 bits per heavy atom. The topological polar surface area (TPSA) is 57.5 Å². The molecule has 1 unspecified atom stereocenters. The van der Waals surface area contributed by atoms with Crippen LogP contribution in [0.15, 0.2) is 0 Å². The summed E-state index contributed by atoms with van der Waals surface area (Å²) in [6, 6.07) is 0. The summed E-state index contributed by atoms with van der Waals surface area (Å²) in [6.45, 7) is 3.87. The standard InChI is InChI=1S/C8H12O3/c1-6(2)5-7(9)3-4-8(10)11/h6-7,9H,5H2,1-2H3,(H,10,11). The molecule has 0 aliphatic heterocycles. The summed E-state index contributed by atoms with van der Waals surface area (Å²) >= 11 is 0. The summed E-state index contributed by atoms with van der Waals surface area (Å²) in [4.78, 5) is 9.90. The van der Waals surface area contributed by atoms with E-state index in [4.69, 9.17) is 10.2 Å². The van der Waals surface area contributed by atoms with Gasteiger partial charge in [-0.2, -0.15) is 0 Å². The molecule has 0 aromatic carbocycles. The maximum Gasteiger partial charge on any atom is 0.381 e. The number of rotatable bonds is 2. The van der Waals surface area contributed by atoms with Crippen LogP contribution in [0.3, 0.4) is 0 Å². The zero-order chi connectivity index (χ0) is 8.85. The fourth-order valence-corrected chi connectivity index (χ4v) is 0.650. The molecular formula is C8H12O3. The van der Waals surface area contributed by atoms with Crippen molar-refractivity contribution in [1.82, 2.24) is 0 Å². The van der Waals surface area contributed by atoms with E-state index in [1.807, 2.05) is 19.8 Å². The Balaban J connectivity index is 3.80. The Hall–Kier alpha value is -1.01. The molecule has 3 heteroatoms. The lowest BCUT2D eigenvalue weighted by Crippen LogP contribution is -2.07. The summed E-state index contributed by atoms with van der Waals surface area (Å²) < 4.78 is 0. The van der Waals surface area contributed by atoms with Gasteiger partial charge in [-0.05, 0) is 12.3 Å². The Morgan fingerprint density at radius 2 is 2.09 bits per heavy atom. The van der Waals surface area contributed by atoms with Crippen molar-refractivity contribution in [3.63, 3.8) is 0 Å². The molecule has 0 radical (unpaired) electrons. The average Bonchev–Trinajstić information content (AvgIpc) is 1.82. The van der Waals surface area contributed by atoms with Crippen LogP contribution < -0.4 is 0 Å². The fourth-order valence-electron chi connectivity index (χ4n) is 0.650. The number of hydrogen-bond acceptors (Lipinski definition) is 2. The molecule has 0 saturated carbocycles. The highest BCUT2D eigenvalue weighted by atomic mass is 16.4. The van der Waals surface area contributed by atoms with E-state index in [0.29, 0.717) is 12.3 Å². The van der Waals surface area contributed by atoms with E-state index < -0.39 is 12.1 Å². The molecule has 0 spiro atoms. The molecule has 0 bridgehead atoms. The van der Waals surface area contributed by atoms with E-state index in [9.17, 15) is 4.79 Å². The number of carbonyl (C=O) groups is 1. The second-order valence-corrected chi connectivity index (χ2v) is 2.72. The molecule has 0 heterocycles. The van der Waals surface area contributed by atoms with Crippen molar-refractivity contribution < 1.29 is 15.0 Å². The normalized spacial score (nSPS) is 12.0. The van der Waals surface area contributed by atoms with E-state index >= 15 is 0 Å². The van der Waals surface area contributed by atoms with Gasteiger partial charge < -0.3 is 10.2 Å². The van der Waals surface area contributed by atoms with E-state index in [1.54, 1.807) is 0 Å². The molecule has 1 atom stereocenters. The number of carboxylic acids is 1. The third-order valence-corrected chi connectivity index (χ3v) is 1.04. The minimum atomic E-state index is -1.20. The second kappa shape index (κ2) is 4.75. The van der Waals surface area contributed by atoms with Gasteiger partial charge in [-0.15, -0.1) is 0 Å². The maximum absolute atomic E-state index is 9.90. The van der Waals surface area contributed by atoms with Gasteiger partial charge in [-0.3, -0.25) is 0 Å². The molecule has 3 nitrogen and oxygen atoms in total. The van der Waals surface area contributed by atoms with Crippen LogP contribution in [0.5, 0.6) is 0 Å². The summed E-state index contributed by atoms with van der Waals surface area (Å²) in [5, 5.41) is 17.1. The Bertz CT molecular complexity index is 185. The van der Waals surface area contributed by atoms with E-state index in [2.05, 4.69) is 5.92 Å². The van der Waals surface area contributed by atoms with E-state index in [0.717, 1.165) is 0 Å². The van der Waals surface area contributed by atoms with Gasteiger partial charge in [-0.25, -0.2) is 4.79 Å². The molecule has 0 aliphatic carbocycles. The summed E-state index contributed by atoms with van der Waals surface area (Å²) in [5.41, 5.74) is 0. The highest BCUT2D eigenvalue weighted by Crippen LogP contribution is 2.02. The van der Waals surface area contributed by atoms with Crippen LogP contribution in [0.1, 0.15) is 20.3 Å². The van der Waals surface area contributed by atoms with Crippen LogP contribution in [-0.2, 0) is 4.79 Å². The number of hydrogen-bond donors (Lipinski definition) is 2. The number of carboxylic acid groups (broad SMARTS) is 1. The molecule has 0 aromatic heterocycles. The summed E-state index contributed by atoms with van der Waals surface area (Å²) in [6.07, 6.45) is -0.300. The van der Waals surface area contributed by atoms with Gasteiger partial charge in [0.2, 0.25) is 0 Å². The summed E-state index contributed by atoms with van der Waals surface area (Å²) in [5.74, 6) is 3.21.